The van der Waals surface area contributed by atoms with Gasteiger partial charge in [0.05, 0.1) is 15.9 Å². The highest BCUT2D eigenvalue weighted by molar-refractivity contribution is 9.10. The first kappa shape index (κ1) is 16.4. The van der Waals surface area contributed by atoms with Crippen LogP contribution in [0.1, 0.15) is 19.4 Å². The lowest BCUT2D eigenvalue weighted by molar-refractivity contribution is 0.581. The summed E-state index contributed by atoms with van der Waals surface area (Å²) in [6.45, 7) is 5.91. The number of benzene rings is 1. The first-order valence-electron chi connectivity index (χ1n) is 5.91. The second-order valence-corrected chi connectivity index (χ2v) is 7.31. The van der Waals surface area contributed by atoms with Gasteiger partial charge in [-0.1, -0.05) is 13.8 Å². The average Bonchev–Trinajstić information content (AvgIpc) is 2.24. The lowest BCUT2D eigenvalue weighted by Gasteiger charge is -2.12. The number of sulfonamides is 1. The summed E-state index contributed by atoms with van der Waals surface area (Å²) in [5.41, 5.74) is 0.930. The van der Waals surface area contributed by atoms with Crippen molar-refractivity contribution in [1.29, 1.82) is 0 Å². The van der Waals surface area contributed by atoms with Crippen LogP contribution in [0.3, 0.4) is 0 Å². The summed E-state index contributed by atoms with van der Waals surface area (Å²) in [6, 6.07) is 2.95. The summed E-state index contributed by atoms with van der Waals surface area (Å²) >= 11 is 3.04. The van der Waals surface area contributed by atoms with Crippen molar-refractivity contribution in [2.75, 3.05) is 17.0 Å². The van der Waals surface area contributed by atoms with E-state index in [2.05, 4.69) is 26.0 Å². The molecular formula is C12H18BrFN2O2S. The van der Waals surface area contributed by atoms with E-state index in [4.69, 9.17) is 0 Å². The van der Waals surface area contributed by atoms with Crippen LogP contribution in [0.15, 0.2) is 16.6 Å². The molecule has 1 aromatic rings. The number of rotatable bonds is 6. The van der Waals surface area contributed by atoms with E-state index in [1.165, 1.54) is 12.1 Å². The van der Waals surface area contributed by atoms with Crippen molar-refractivity contribution < 1.29 is 12.8 Å². The van der Waals surface area contributed by atoms with Crippen molar-refractivity contribution >= 4 is 31.6 Å². The van der Waals surface area contributed by atoms with E-state index in [9.17, 15) is 12.8 Å². The molecule has 108 valence electrons. The zero-order chi connectivity index (χ0) is 14.6. The molecule has 0 spiro atoms. The monoisotopic (exact) mass is 352 g/mol. The Balaban J connectivity index is 2.76. The van der Waals surface area contributed by atoms with Gasteiger partial charge >= 0.3 is 0 Å². The second kappa shape index (κ2) is 6.67. The molecule has 4 nitrogen and oxygen atoms in total. The standard InChI is InChI=1S/C12H18BrFN2O2S/c1-8(2)15-4-5-19(17,18)16-12-7-10(13)11(14)6-9(12)3/h6-8,15-16H,4-5H2,1-3H3. The van der Waals surface area contributed by atoms with Crippen molar-refractivity contribution in [3.05, 3.63) is 28.0 Å². The maximum atomic E-state index is 13.2. The minimum atomic E-state index is -3.44. The molecule has 0 amide bonds. The number of anilines is 1. The predicted octanol–water partition coefficient (Wildman–Crippen LogP) is 2.64. The number of halogens is 2. The Morgan fingerprint density at radius 1 is 1.37 bits per heavy atom. The molecule has 7 heteroatoms. The van der Waals surface area contributed by atoms with Crippen molar-refractivity contribution in [1.82, 2.24) is 5.32 Å². The predicted molar refractivity (Wildman–Crippen MR) is 79.4 cm³/mol. The van der Waals surface area contributed by atoms with E-state index in [1.807, 2.05) is 13.8 Å². The molecule has 0 radical (unpaired) electrons. The van der Waals surface area contributed by atoms with Crippen LogP contribution >= 0.6 is 15.9 Å². The molecule has 0 aliphatic heterocycles. The molecule has 0 atom stereocenters. The Hall–Kier alpha value is -0.660. The van der Waals surface area contributed by atoms with Crippen molar-refractivity contribution in [2.24, 2.45) is 0 Å². The van der Waals surface area contributed by atoms with Crippen LogP contribution in [0.2, 0.25) is 0 Å². The number of hydrogen-bond acceptors (Lipinski definition) is 3. The molecule has 0 unspecified atom stereocenters. The average molecular weight is 353 g/mol. The van der Waals surface area contributed by atoms with Gasteiger partial charge in [0.2, 0.25) is 10.0 Å². The first-order chi connectivity index (χ1) is 8.71. The van der Waals surface area contributed by atoms with Crippen molar-refractivity contribution in [3.63, 3.8) is 0 Å². The highest BCUT2D eigenvalue weighted by Crippen LogP contribution is 2.24. The zero-order valence-electron chi connectivity index (χ0n) is 11.1. The highest BCUT2D eigenvalue weighted by Gasteiger charge is 2.13. The normalized spacial score (nSPS) is 11.9. The van der Waals surface area contributed by atoms with Crippen molar-refractivity contribution in [2.45, 2.75) is 26.8 Å². The molecule has 0 aliphatic carbocycles. The molecule has 1 aromatic carbocycles. The SMILES string of the molecule is Cc1cc(F)c(Br)cc1NS(=O)(=O)CCNC(C)C. The molecule has 0 saturated carbocycles. The van der Waals surface area contributed by atoms with E-state index >= 15 is 0 Å². The molecule has 2 N–H and O–H groups in total. The van der Waals surface area contributed by atoms with Gasteiger partial charge in [0.25, 0.3) is 0 Å². The van der Waals surface area contributed by atoms with Gasteiger partial charge in [-0.15, -0.1) is 0 Å². The number of aryl methyl sites for hydroxylation is 1. The van der Waals surface area contributed by atoms with E-state index in [0.29, 0.717) is 17.8 Å². The first-order valence-corrected chi connectivity index (χ1v) is 8.35. The van der Waals surface area contributed by atoms with Crippen LogP contribution in [-0.4, -0.2) is 26.8 Å². The maximum absolute atomic E-state index is 13.2. The van der Waals surface area contributed by atoms with Gasteiger partial charge in [0.1, 0.15) is 5.82 Å². The van der Waals surface area contributed by atoms with Crippen LogP contribution in [0.25, 0.3) is 0 Å². The lowest BCUT2D eigenvalue weighted by atomic mass is 10.2. The smallest absolute Gasteiger partial charge is 0.233 e. The molecule has 0 saturated heterocycles. The van der Waals surface area contributed by atoms with Gasteiger partial charge in [0, 0.05) is 12.6 Å². The molecule has 0 fully saturated rings. The van der Waals surface area contributed by atoms with Gasteiger partial charge in [-0.25, -0.2) is 12.8 Å². The molecule has 19 heavy (non-hydrogen) atoms. The Labute approximate surface area is 122 Å². The van der Waals surface area contributed by atoms with Gasteiger partial charge in [-0.05, 0) is 40.5 Å². The Bertz CT molecular complexity index is 547. The Morgan fingerprint density at radius 3 is 2.58 bits per heavy atom. The minimum absolute atomic E-state index is 0.0282. The Morgan fingerprint density at radius 2 is 2.00 bits per heavy atom. The highest BCUT2D eigenvalue weighted by atomic mass is 79.9. The zero-order valence-corrected chi connectivity index (χ0v) is 13.5. The maximum Gasteiger partial charge on any atom is 0.233 e. The van der Waals surface area contributed by atoms with Crippen LogP contribution in [0.4, 0.5) is 10.1 Å². The summed E-state index contributed by atoms with van der Waals surface area (Å²) in [4.78, 5) is 0. The largest absolute Gasteiger partial charge is 0.313 e. The Kier molecular flexibility index (Phi) is 5.76. The van der Waals surface area contributed by atoms with Crippen LogP contribution in [-0.2, 0) is 10.0 Å². The summed E-state index contributed by atoms with van der Waals surface area (Å²) in [5.74, 6) is -0.443. The van der Waals surface area contributed by atoms with Crippen molar-refractivity contribution in [3.8, 4) is 0 Å². The van der Waals surface area contributed by atoms with E-state index in [0.717, 1.165) is 0 Å². The summed E-state index contributed by atoms with van der Waals surface area (Å²) in [7, 11) is -3.44. The second-order valence-electron chi connectivity index (χ2n) is 4.61. The fourth-order valence-corrected chi connectivity index (χ4v) is 2.84. The molecule has 0 aromatic heterocycles. The van der Waals surface area contributed by atoms with Crippen LogP contribution < -0.4 is 10.0 Å². The van der Waals surface area contributed by atoms with E-state index in [1.54, 1.807) is 6.92 Å². The van der Waals surface area contributed by atoms with Gasteiger partial charge in [0.15, 0.2) is 0 Å². The number of nitrogens with one attached hydrogen (secondary N) is 2. The van der Waals surface area contributed by atoms with Crippen LogP contribution in [0, 0.1) is 12.7 Å². The molecular weight excluding hydrogens is 335 g/mol. The quantitative estimate of drug-likeness (QED) is 0.827. The summed E-state index contributed by atoms with van der Waals surface area (Å²) < 4.78 is 39.7. The molecule has 0 bridgehead atoms. The molecule has 0 aliphatic rings. The van der Waals surface area contributed by atoms with E-state index < -0.39 is 15.8 Å². The fraction of sp³-hybridized carbons (Fsp3) is 0.500. The lowest BCUT2D eigenvalue weighted by Crippen LogP contribution is -2.31. The van der Waals surface area contributed by atoms with Crippen LogP contribution in [0.5, 0.6) is 0 Å². The van der Waals surface area contributed by atoms with Gasteiger partial charge in [-0.3, -0.25) is 4.72 Å². The third-order valence-electron chi connectivity index (χ3n) is 2.46. The number of hydrogen-bond donors (Lipinski definition) is 2. The summed E-state index contributed by atoms with van der Waals surface area (Å²) in [5, 5.41) is 3.03. The summed E-state index contributed by atoms with van der Waals surface area (Å²) in [6.07, 6.45) is 0. The van der Waals surface area contributed by atoms with E-state index in [-0.39, 0.29) is 16.3 Å². The van der Waals surface area contributed by atoms with Gasteiger partial charge < -0.3 is 5.32 Å². The molecule has 0 heterocycles. The minimum Gasteiger partial charge on any atom is -0.313 e. The molecule has 1 rings (SSSR count). The fourth-order valence-electron chi connectivity index (χ4n) is 1.46. The third kappa shape index (κ3) is 5.46. The van der Waals surface area contributed by atoms with Gasteiger partial charge in [-0.2, -0.15) is 0 Å². The third-order valence-corrected chi connectivity index (χ3v) is 4.34. The topological polar surface area (TPSA) is 58.2 Å².